The molecule has 2 aromatic heterocycles. The van der Waals surface area contributed by atoms with E-state index in [9.17, 15) is 0 Å². The molecule has 0 unspecified atom stereocenters. The van der Waals surface area contributed by atoms with E-state index < -0.39 is 0 Å². The van der Waals surface area contributed by atoms with Crippen LogP contribution in [0.2, 0.25) is 0 Å². The van der Waals surface area contributed by atoms with Gasteiger partial charge in [0.25, 0.3) is 0 Å². The molecule has 4 nitrogen and oxygen atoms in total. The minimum absolute atomic E-state index is 0.654. The predicted molar refractivity (Wildman–Crippen MR) is 267 cm³/mol. The van der Waals surface area contributed by atoms with Crippen molar-refractivity contribution < 1.29 is 0 Å². The fraction of sp³-hybridized carbons (Fsp3) is 0.0656. The van der Waals surface area contributed by atoms with Gasteiger partial charge in [-0.15, -0.1) is 0 Å². The Bertz CT molecular complexity index is 3500. The molecule has 0 aliphatic heterocycles. The molecule has 0 saturated carbocycles. The molecule has 9 aromatic carbocycles. The number of rotatable bonds is 6. The number of aryl methyl sites for hydroxylation is 2. The van der Waals surface area contributed by atoms with Crippen molar-refractivity contribution in [3.05, 3.63) is 228 Å². The molecule has 0 bridgehead atoms. The number of aromatic nitrogens is 4. The van der Waals surface area contributed by atoms with Crippen molar-refractivity contribution in [3.63, 3.8) is 0 Å². The maximum atomic E-state index is 5.10. The van der Waals surface area contributed by atoms with Crippen LogP contribution >= 0.6 is 0 Å². The maximum absolute atomic E-state index is 5.10. The van der Waals surface area contributed by atoms with Gasteiger partial charge in [-0.1, -0.05) is 158 Å². The second-order valence-corrected chi connectivity index (χ2v) is 17.6. The monoisotopic (exact) mass is 830 g/mol. The molecule has 0 spiro atoms. The average Bonchev–Trinajstić information content (AvgIpc) is 4.04. The Kier molecular flexibility index (Phi) is 8.44. The SMILES string of the molecule is Cc1cc(-c2nc(-c3ccccc3)nc(-c3ccccc3)n2)cc(C)c1-n1c2ccc(-c3cccc4c3-c3ccccc3C4)cc2c2cc(-c3cccc4c3-c3ccccc3C4)ccc21. The second kappa shape index (κ2) is 14.7. The van der Waals surface area contributed by atoms with Crippen LogP contribution in [-0.4, -0.2) is 19.5 Å². The normalized spacial score (nSPS) is 12.3. The maximum Gasteiger partial charge on any atom is 0.164 e. The minimum atomic E-state index is 0.654. The molecular formula is C61H42N4. The molecule has 2 aliphatic carbocycles. The average molecular weight is 831 g/mol. The molecule has 0 fully saturated rings. The van der Waals surface area contributed by atoms with Crippen molar-refractivity contribution in [2.24, 2.45) is 0 Å². The smallest absolute Gasteiger partial charge is 0.164 e. The summed E-state index contributed by atoms with van der Waals surface area (Å²) in [6, 6.07) is 70.5. The summed E-state index contributed by atoms with van der Waals surface area (Å²) in [5.41, 5.74) is 24.7. The molecule has 2 aliphatic rings. The topological polar surface area (TPSA) is 43.6 Å². The van der Waals surface area contributed by atoms with Crippen LogP contribution in [0.25, 0.3) is 106 Å². The number of nitrogens with zero attached hydrogens (tertiary/aromatic N) is 4. The van der Waals surface area contributed by atoms with Crippen molar-refractivity contribution in [1.82, 2.24) is 19.5 Å². The molecule has 2 heterocycles. The first-order valence-corrected chi connectivity index (χ1v) is 22.5. The zero-order chi connectivity index (χ0) is 43.2. The number of benzene rings is 9. The van der Waals surface area contributed by atoms with Gasteiger partial charge in [-0.2, -0.15) is 0 Å². The lowest BCUT2D eigenvalue weighted by Gasteiger charge is -2.17. The van der Waals surface area contributed by atoms with E-state index in [4.69, 9.17) is 15.0 Å². The van der Waals surface area contributed by atoms with Crippen molar-refractivity contribution in [2.45, 2.75) is 26.7 Å². The Morgan fingerprint density at radius 2 is 0.738 bits per heavy atom. The number of hydrogen-bond acceptors (Lipinski definition) is 3. The van der Waals surface area contributed by atoms with Crippen molar-refractivity contribution in [3.8, 4) is 84.4 Å². The number of hydrogen-bond donors (Lipinski definition) is 0. The van der Waals surface area contributed by atoms with E-state index in [1.54, 1.807) is 0 Å². The fourth-order valence-corrected chi connectivity index (χ4v) is 10.8. The first-order chi connectivity index (χ1) is 32.0. The van der Waals surface area contributed by atoms with Crippen molar-refractivity contribution >= 4 is 21.8 Å². The van der Waals surface area contributed by atoms with E-state index in [1.807, 2.05) is 36.4 Å². The fourth-order valence-electron chi connectivity index (χ4n) is 10.8. The van der Waals surface area contributed by atoms with Gasteiger partial charge in [-0.05, 0) is 141 Å². The summed E-state index contributed by atoms with van der Waals surface area (Å²) >= 11 is 0. The third-order valence-electron chi connectivity index (χ3n) is 13.7. The summed E-state index contributed by atoms with van der Waals surface area (Å²) in [6.45, 7) is 4.44. The molecule has 0 saturated heterocycles. The summed E-state index contributed by atoms with van der Waals surface area (Å²) in [5.74, 6) is 1.96. The summed E-state index contributed by atoms with van der Waals surface area (Å²) in [4.78, 5) is 15.2. The first kappa shape index (κ1) is 37.4. The van der Waals surface area contributed by atoms with Gasteiger partial charge in [-0.3, -0.25) is 0 Å². The van der Waals surface area contributed by atoms with Gasteiger partial charge in [0.05, 0.1) is 16.7 Å². The van der Waals surface area contributed by atoms with E-state index in [2.05, 4.69) is 176 Å². The Morgan fingerprint density at radius 1 is 0.338 bits per heavy atom. The minimum Gasteiger partial charge on any atom is -0.309 e. The van der Waals surface area contributed by atoms with Gasteiger partial charge in [-0.25, -0.2) is 15.0 Å². The van der Waals surface area contributed by atoms with Gasteiger partial charge in [0.15, 0.2) is 17.5 Å². The van der Waals surface area contributed by atoms with E-state index in [0.717, 1.165) is 40.7 Å². The summed E-state index contributed by atoms with van der Waals surface area (Å²) in [5, 5.41) is 2.47. The highest BCUT2D eigenvalue weighted by atomic mass is 15.0. The number of fused-ring (bicyclic) bond motifs is 9. The lowest BCUT2D eigenvalue weighted by Crippen LogP contribution is -2.03. The largest absolute Gasteiger partial charge is 0.309 e. The third-order valence-corrected chi connectivity index (χ3v) is 13.7. The van der Waals surface area contributed by atoms with Crippen molar-refractivity contribution in [2.75, 3.05) is 0 Å². The Balaban J connectivity index is 1.01. The highest BCUT2D eigenvalue weighted by Crippen LogP contribution is 2.47. The van der Waals surface area contributed by atoms with Crippen LogP contribution in [0.1, 0.15) is 33.4 Å². The van der Waals surface area contributed by atoms with Crippen LogP contribution in [0.4, 0.5) is 0 Å². The van der Waals surface area contributed by atoms with E-state index in [-0.39, 0.29) is 0 Å². The van der Waals surface area contributed by atoms with Gasteiger partial charge in [0, 0.05) is 27.5 Å². The lowest BCUT2D eigenvalue weighted by molar-refractivity contribution is 1.07. The van der Waals surface area contributed by atoms with E-state index in [0.29, 0.717) is 17.5 Å². The Morgan fingerprint density at radius 3 is 1.22 bits per heavy atom. The molecule has 0 N–H and O–H groups in total. The summed E-state index contributed by atoms with van der Waals surface area (Å²) < 4.78 is 2.49. The van der Waals surface area contributed by atoms with Crippen LogP contribution in [0.5, 0.6) is 0 Å². The summed E-state index contributed by atoms with van der Waals surface area (Å²) in [7, 11) is 0. The highest BCUT2D eigenvalue weighted by molar-refractivity contribution is 6.13. The van der Waals surface area contributed by atoms with E-state index in [1.165, 1.54) is 94.3 Å². The second-order valence-electron chi connectivity index (χ2n) is 17.6. The molecule has 13 rings (SSSR count). The van der Waals surface area contributed by atoms with Crippen molar-refractivity contribution in [1.29, 1.82) is 0 Å². The molecule has 4 heteroatoms. The van der Waals surface area contributed by atoms with Crippen LogP contribution in [0.3, 0.4) is 0 Å². The Labute approximate surface area is 378 Å². The molecule has 11 aromatic rings. The highest BCUT2D eigenvalue weighted by Gasteiger charge is 2.25. The van der Waals surface area contributed by atoms with Crippen LogP contribution in [0.15, 0.2) is 194 Å². The molecule has 0 radical (unpaired) electrons. The van der Waals surface area contributed by atoms with Gasteiger partial charge < -0.3 is 4.57 Å². The van der Waals surface area contributed by atoms with Gasteiger partial charge in [0.1, 0.15) is 0 Å². The lowest BCUT2D eigenvalue weighted by atomic mass is 9.92. The van der Waals surface area contributed by atoms with Gasteiger partial charge in [0.2, 0.25) is 0 Å². The van der Waals surface area contributed by atoms with Gasteiger partial charge >= 0.3 is 0 Å². The zero-order valence-electron chi connectivity index (χ0n) is 36.2. The van der Waals surface area contributed by atoms with Crippen LogP contribution in [-0.2, 0) is 12.8 Å². The van der Waals surface area contributed by atoms with Crippen LogP contribution < -0.4 is 0 Å². The van der Waals surface area contributed by atoms with Crippen LogP contribution in [0, 0.1) is 13.8 Å². The molecule has 65 heavy (non-hydrogen) atoms. The van der Waals surface area contributed by atoms with E-state index >= 15 is 0 Å². The third kappa shape index (κ3) is 6.02. The first-order valence-electron chi connectivity index (χ1n) is 22.5. The quantitative estimate of drug-likeness (QED) is 0.168. The molecule has 306 valence electrons. The molecule has 0 atom stereocenters. The molecule has 0 amide bonds. The molecular weight excluding hydrogens is 789 g/mol. The standard InChI is InChI=1S/C61H42N4/c1-37-31-47(61-63-59(39-15-5-3-6-16-39)62-60(64-61)40-17-7-4-8-18-40)32-38(2)58(37)65-54-29-27-43(50-25-13-21-45-33-41-19-9-11-23-48(41)56(45)50)35-52(54)53-36-44(28-30-55(53)65)51-26-14-22-46-34-42-20-10-12-24-49(42)57(46)51/h3-32,35-36H,33-34H2,1-2H3. The Hall–Kier alpha value is -8.21. The zero-order valence-corrected chi connectivity index (χ0v) is 36.2. The predicted octanol–water partition coefficient (Wildman–Crippen LogP) is 15.1. The summed E-state index contributed by atoms with van der Waals surface area (Å²) in [6.07, 6.45) is 1.93.